The van der Waals surface area contributed by atoms with Crippen LogP contribution in [0.2, 0.25) is 0 Å². The number of aliphatic hydroxyl groups is 1. The molecule has 0 aliphatic heterocycles. The molecular formula is C14H19FO3. The number of rotatable bonds is 5. The SMILES string of the molecule is CCC(c1ccccc1F)C(O)(C(=O)O)C(C)C. The van der Waals surface area contributed by atoms with Crippen molar-refractivity contribution in [2.75, 3.05) is 0 Å². The van der Waals surface area contributed by atoms with Gasteiger partial charge in [-0.2, -0.15) is 0 Å². The van der Waals surface area contributed by atoms with Crippen molar-refractivity contribution in [1.29, 1.82) is 0 Å². The molecule has 0 aliphatic rings. The zero-order valence-corrected chi connectivity index (χ0v) is 10.9. The number of hydrogen-bond acceptors (Lipinski definition) is 2. The molecule has 3 nitrogen and oxygen atoms in total. The van der Waals surface area contributed by atoms with E-state index in [4.69, 9.17) is 0 Å². The predicted octanol–water partition coefficient (Wildman–Crippen LogP) is 2.79. The summed E-state index contributed by atoms with van der Waals surface area (Å²) in [5, 5.41) is 19.7. The largest absolute Gasteiger partial charge is 0.479 e. The number of benzene rings is 1. The van der Waals surface area contributed by atoms with Crippen LogP contribution in [0.5, 0.6) is 0 Å². The minimum Gasteiger partial charge on any atom is -0.479 e. The smallest absolute Gasteiger partial charge is 0.336 e. The van der Waals surface area contributed by atoms with Crippen molar-refractivity contribution in [2.24, 2.45) is 5.92 Å². The summed E-state index contributed by atoms with van der Waals surface area (Å²) < 4.78 is 13.8. The number of hydrogen-bond donors (Lipinski definition) is 2. The van der Waals surface area contributed by atoms with Crippen LogP contribution < -0.4 is 0 Å². The Labute approximate surface area is 106 Å². The highest BCUT2D eigenvalue weighted by Gasteiger charge is 2.47. The number of aliphatic carboxylic acids is 1. The fourth-order valence-corrected chi connectivity index (χ4v) is 2.32. The molecule has 0 radical (unpaired) electrons. The summed E-state index contributed by atoms with van der Waals surface area (Å²) in [5.41, 5.74) is -1.71. The van der Waals surface area contributed by atoms with Gasteiger partial charge in [-0.3, -0.25) is 0 Å². The third kappa shape index (κ3) is 2.38. The van der Waals surface area contributed by atoms with Crippen molar-refractivity contribution in [3.63, 3.8) is 0 Å². The van der Waals surface area contributed by atoms with Crippen LogP contribution in [0, 0.1) is 11.7 Å². The molecule has 1 aromatic rings. The minimum absolute atomic E-state index is 0.249. The highest BCUT2D eigenvalue weighted by molar-refractivity contribution is 5.79. The molecule has 0 spiro atoms. The maximum absolute atomic E-state index is 13.8. The molecule has 0 aromatic heterocycles. The van der Waals surface area contributed by atoms with Crippen LogP contribution in [-0.2, 0) is 4.79 Å². The van der Waals surface area contributed by atoms with E-state index in [1.807, 2.05) is 0 Å². The molecule has 0 aliphatic carbocycles. The summed E-state index contributed by atoms with van der Waals surface area (Å²) in [6.45, 7) is 4.99. The summed E-state index contributed by atoms with van der Waals surface area (Å²) in [7, 11) is 0. The van der Waals surface area contributed by atoms with E-state index in [9.17, 15) is 19.4 Å². The van der Waals surface area contributed by atoms with Crippen molar-refractivity contribution >= 4 is 5.97 Å². The van der Waals surface area contributed by atoms with E-state index in [1.165, 1.54) is 12.1 Å². The van der Waals surface area contributed by atoms with E-state index in [0.29, 0.717) is 6.42 Å². The summed E-state index contributed by atoms with van der Waals surface area (Å²) in [6, 6.07) is 5.99. The summed E-state index contributed by atoms with van der Waals surface area (Å²) in [5.74, 6) is -3.08. The Morgan fingerprint density at radius 3 is 2.33 bits per heavy atom. The molecule has 0 bridgehead atoms. The van der Waals surface area contributed by atoms with Gasteiger partial charge in [0.15, 0.2) is 5.60 Å². The van der Waals surface area contributed by atoms with Crippen LogP contribution in [0.3, 0.4) is 0 Å². The van der Waals surface area contributed by atoms with Gasteiger partial charge in [-0.1, -0.05) is 39.0 Å². The zero-order valence-electron chi connectivity index (χ0n) is 10.9. The van der Waals surface area contributed by atoms with E-state index < -0.39 is 29.2 Å². The lowest BCUT2D eigenvalue weighted by Crippen LogP contribution is -2.49. The molecule has 4 heteroatoms. The van der Waals surface area contributed by atoms with Crippen molar-refractivity contribution < 1.29 is 19.4 Å². The molecule has 100 valence electrons. The zero-order chi connectivity index (χ0) is 13.9. The second-order valence-electron chi connectivity index (χ2n) is 4.77. The first kappa shape index (κ1) is 14.6. The molecule has 0 saturated carbocycles. The van der Waals surface area contributed by atoms with Crippen molar-refractivity contribution in [3.05, 3.63) is 35.6 Å². The molecule has 2 unspecified atom stereocenters. The molecule has 18 heavy (non-hydrogen) atoms. The summed E-state index contributed by atoms with van der Waals surface area (Å²) >= 11 is 0. The number of carboxylic acid groups (broad SMARTS) is 1. The first-order chi connectivity index (χ1) is 8.35. The summed E-state index contributed by atoms with van der Waals surface area (Å²) in [4.78, 5) is 11.4. The van der Waals surface area contributed by atoms with Crippen LogP contribution in [-0.4, -0.2) is 21.8 Å². The van der Waals surface area contributed by atoms with Crippen molar-refractivity contribution in [3.8, 4) is 0 Å². The Hall–Kier alpha value is -1.42. The third-order valence-corrected chi connectivity index (χ3v) is 3.44. The highest BCUT2D eigenvalue weighted by atomic mass is 19.1. The molecular weight excluding hydrogens is 235 g/mol. The van der Waals surface area contributed by atoms with Crippen LogP contribution in [0.4, 0.5) is 4.39 Å². The van der Waals surface area contributed by atoms with E-state index in [-0.39, 0.29) is 5.56 Å². The van der Waals surface area contributed by atoms with Gasteiger partial charge in [0.2, 0.25) is 0 Å². The molecule has 0 amide bonds. The highest BCUT2D eigenvalue weighted by Crippen LogP contribution is 2.38. The molecule has 2 N–H and O–H groups in total. The van der Waals surface area contributed by atoms with Crippen molar-refractivity contribution in [1.82, 2.24) is 0 Å². The van der Waals surface area contributed by atoms with Crippen molar-refractivity contribution in [2.45, 2.75) is 38.7 Å². The fourth-order valence-electron chi connectivity index (χ4n) is 2.32. The lowest BCUT2D eigenvalue weighted by atomic mass is 9.73. The van der Waals surface area contributed by atoms with Gasteiger partial charge in [0.25, 0.3) is 0 Å². The van der Waals surface area contributed by atoms with E-state index in [2.05, 4.69) is 0 Å². The van der Waals surface area contributed by atoms with Gasteiger partial charge >= 0.3 is 5.97 Å². The minimum atomic E-state index is -1.96. The third-order valence-electron chi connectivity index (χ3n) is 3.44. The Morgan fingerprint density at radius 1 is 1.39 bits per heavy atom. The predicted molar refractivity (Wildman–Crippen MR) is 66.9 cm³/mol. The van der Waals surface area contributed by atoms with Crippen LogP contribution in [0.25, 0.3) is 0 Å². The normalized spacial score (nSPS) is 16.3. The Kier molecular flexibility index (Phi) is 4.46. The van der Waals surface area contributed by atoms with E-state index >= 15 is 0 Å². The number of halogens is 1. The maximum Gasteiger partial charge on any atom is 0.336 e. The molecule has 0 saturated heterocycles. The van der Waals surface area contributed by atoms with E-state index in [1.54, 1.807) is 32.9 Å². The number of carbonyl (C=O) groups is 1. The average Bonchev–Trinajstić information content (AvgIpc) is 2.31. The maximum atomic E-state index is 13.8. The second-order valence-corrected chi connectivity index (χ2v) is 4.77. The van der Waals surface area contributed by atoms with E-state index in [0.717, 1.165) is 0 Å². The van der Waals surface area contributed by atoms with Gasteiger partial charge in [-0.25, -0.2) is 9.18 Å². The van der Waals surface area contributed by atoms with Gasteiger partial charge in [-0.05, 0) is 24.0 Å². The Bertz CT molecular complexity index is 431. The standard InChI is InChI=1S/C14H19FO3/c1-4-11(10-7-5-6-8-12(10)15)14(18,9(2)3)13(16)17/h5-9,11,18H,4H2,1-3H3,(H,16,17). The van der Waals surface area contributed by atoms with Gasteiger partial charge in [0.1, 0.15) is 5.82 Å². The Balaban J connectivity index is 3.32. The van der Waals surface area contributed by atoms with Gasteiger partial charge in [0.05, 0.1) is 0 Å². The lowest BCUT2D eigenvalue weighted by molar-refractivity contribution is -0.167. The van der Waals surface area contributed by atoms with Crippen LogP contribution >= 0.6 is 0 Å². The summed E-state index contributed by atoms with van der Waals surface area (Å²) in [6.07, 6.45) is 0.349. The van der Waals surface area contributed by atoms with Crippen LogP contribution in [0.15, 0.2) is 24.3 Å². The molecule has 0 fully saturated rings. The number of carboxylic acids is 1. The second kappa shape index (κ2) is 5.48. The van der Waals surface area contributed by atoms with Gasteiger partial charge < -0.3 is 10.2 Å². The van der Waals surface area contributed by atoms with Crippen LogP contribution in [0.1, 0.15) is 38.7 Å². The van der Waals surface area contributed by atoms with Gasteiger partial charge in [0, 0.05) is 5.92 Å². The average molecular weight is 254 g/mol. The fraction of sp³-hybridized carbons (Fsp3) is 0.500. The topological polar surface area (TPSA) is 57.5 Å². The first-order valence-electron chi connectivity index (χ1n) is 6.05. The lowest BCUT2D eigenvalue weighted by Gasteiger charge is -2.35. The quantitative estimate of drug-likeness (QED) is 0.849. The first-order valence-corrected chi connectivity index (χ1v) is 6.05. The van der Waals surface area contributed by atoms with Gasteiger partial charge in [-0.15, -0.1) is 0 Å². The molecule has 0 heterocycles. The molecule has 2 atom stereocenters. The molecule has 1 aromatic carbocycles. The monoisotopic (exact) mass is 254 g/mol. The molecule has 1 rings (SSSR count). The Morgan fingerprint density at radius 2 is 1.94 bits per heavy atom.